The predicted octanol–water partition coefficient (Wildman–Crippen LogP) is 1.96. The highest BCUT2D eigenvalue weighted by Gasteiger charge is 2.00. The molecule has 2 N–H and O–H groups in total. The van der Waals surface area contributed by atoms with Crippen LogP contribution in [0.5, 0.6) is 0 Å². The second-order valence-electron chi connectivity index (χ2n) is 3.93. The van der Waals surface area contributed by atoms with Gasteiger partial charge in [0.1, 0.15) is 0 Å². The van der Waals surface area contributed by atoms with Crippen molar-refractivity contribution < 1.29 is 0 Å². The van der Waals surface area contributed by atoms with Crippen molar-refractivity contribution in [2.24, 2.45) is 5.73 Å². The molecule has 1 rings (SSSR count). The summed E-state index contributed by atoms with van der Waals surface area (Å²) in [6.07, 6.45) is 5.41. The third-order valence-electron chi connectivity index (χ3n) is 2.52. The Bertz CT molecular complexity index is 286. The molecule has 1 heterocycles. The van der Waals surface area contributed by atoms with Crippen molar-refractivity contribution in [2.45, 2.75) is 26.2 Å². The molecule has 0 aliphatic heterocycles. The van der Waals surface area contributed by atoms with Crippen LogP contribution in [-0.4, -0.2) is 25.1 Å². The molecule has 15 heavy (non-hydrogen) atoms. The van der Waals surface area contributed by atoms with Gasteiger partial charge in [0.15, 0.2) is 0 Å². The van der Waals surface area contributed by atoms with Crippen molar-refractivity contribution in [3.8, 4) is 0 Å². The fraction of sp³-hybridized carbons (Fsp3) is 0.583. The zero-order chi connectivity index (χ0) is 11.1. The zero-order valence-corrected chi connectivity index (χ0v) is 9.74. The Morgan fingerprint density at radius 3 is 2.80 bits per heavy atom. The van der Waals surface area contributed by atoms with Gasteiger partial charge in [-0.05, 0) is 38.4 Å². The second-order valence-corrected chi connectivity index (χ2v) is 3.93. The van der Waals surface area contributed by atoms with Crippen molar-refractivity contribution in [1.82, 2.24) is 4.98 Å². The van der Waals surface area contributed by atoms with Gasteiger partial charge in [-0.25, -0.2) is 0 Å². The highest BCUT2D eigenvalue weighted by molar-refractivity contribution is 5.45. The topological polar surface area (TPSA) is 42.1 Å². The first-order chi connectivity index (χ1) is 7.24. The van der Waals surface area contributed by atoms with Gasteiger partial charge in [-0.1, -0.05) is 6.42 Å². The van der Waals surface area contributed by atoms with E-state index in [1.165, 1.54) is 18.5 Å². The molecule has 0 aromatic carbocycles. The average Bonchev–Trinajstić information content (AvgIpc) is 2.24. The summed E-state index contributed by atoms with van der Waals surface area (Å²) in [7, 11) is 2.12. The van der Waals surface area contributed by atoms with E-state index in [4.69, 9.17) is 5.73 Å². The fourth-order valence-electron chi connectivity index (χ4n) is 1.57. The summed E-state index contributed by atoms with van der Waals surface area (Å²) < 4.78 is 0. The van der Waals surface area contributed by atoms with Crippen molar-refractivity contribution in [3.63, 3.8) is 0 Å². The summed E-state index contributed by atoms with van der Waals surface area (Å²) in [6, 6.07) is 4.17. The summed E-state index contributed by atoms with van der Waals surface area (Å²) in [5.74, 6) is 0. The van der Waals surface area contributed by atoms with Crippen molar-refractivity contribution >= 4 is 5.69 Å². The minimum atomic E-state index is 0.804. The summed E-state index contributed by atoms with van der Waals surface area (Å²) >= 11 is 0. The summed E-state index contributed by atoms with van der Waals surface area (Å²) in [5.41, 5.74) is 7.77. The SMILES string of the molecule is Cc1cc(N(C)CCCCCN)ccn1. The van der Waals surface area contributed by atoms with Gasteiger partial charge in [0, 0.05) is 31.2 Å². The molecule has 84 valence electrons. The Labute approximate surface area is 92.3 Å². The summed E-state index contributed by atoms with van der Waals surface area (Å²) in [4.78, 5) is 6.46. The van der Waals surface area contributed by atoms with Crippen LogP contribution < -0.4 is 10.6 Å². The zero-order valence-electron chi connectivity index (χ0n) is 9.74. The minimum Gasteiger partial charge on any atom is -0.375 e. The molecular formula is C12H21N3. The maximum absolute atomic E-state index is 5.45. The Morgan fingerprint density at radius 1 is 1.33 bits per heavy atom. The molecule has 0 bridgehead atoms. The lowest BCUT2D eigenvalue weighted by molar-refractivity contribution is 0.678. The fourth-order valence-corrected chi connectivity index (χ4v) is 1.57. The van der Waals surface area contributed by atoms with E-state index in [0.717, 1.165) is 25.2 Å². The highest BCUT2D eigenvalue weighted by Crippen LogP contribution is 2.13. The molecule has 0 fully saturated rings. The van der Waals surface area contributed by atoms with Crippen molar-refractivity contribution in [2.75, 3.05) is 25.0 Å². The monoisotopic (exact) mass is 207 g/mol. The molecular weight excluding hydrogens is 186 g/mol. The lowest BCUT2D eigenvalue weighted by Crippen LogP contribution is -2.18. The van der Waals surface area contributed by atoms with Gasteiger partial charge in [-0.15, -0.1) is 0 Å². The van der Waals surface area contributed by atoms with Gasteiger partial charge < -0.3 is 10.6 Å². The Morgan fingerprint density at radius 2 is 2.13 bits per heavy atom. The Kier molecular flexibility index (Phi) is 5.12. The first-order valence-electron chi connectivity index (χ1n) is 5.58. The third kappa shape index (κ3) is 4.30. The van der Waals surface area contributed by atoms with Crippen LogP contribution in [0.1, 0.15) is 25.0 Å². The van der Waals surface area contributed by atoms with Gasteiger partial charge in [-0.3, -0.25) is 4.98 Å². The molecule has 3 heteroatoms. The molecule has 0 aliphatic rings. The lowest BCUT2D eigenvalue weighted by atomic mass is 10.2. The van der Waals surface area contributed by atoms with Gasteiger partial charge in [0.2, 0.25) is 0 Å². The van der Waals surface area contributed by atoms with E-state index < -0.39 is 0 Å². The standard InChI is InChI=1S/C12H21N3/c1-11-10-12(6-8-14-11)15(2)9-5-3-4-7-13/h6,8,10H,3-5,7,9,13H2,1-2H3. The first-order valence-corrected chi connectivity index (χ1v) is 5.58. The maximum Gasteiger partial charge on any atom is 0.0397 e. The average molecular weight is 207 g/mol. The maximum atomic E-state index is 5.45. The molecule has 0 spiro atoms. The molecule has 0 unspecified atom stereocenters. The first kappa shape index (κ1) is 12.0. The van der Waals surface area contributed by atoms with E-state index >= 15 is 0 Å². The number of unbranched alkanes of at least 4 members (excludes halogenated alkanes) is 2. The number of aryl methyl sites for hydroxylation is 1. The molecule has 0 atom stereocenters. The minimum absolute atomic E-state index is 0.804. The molecule has 0 radical (unpaired) electrons. The van der Waals surface area contributed by atoms with Crippen LogP contribution in [0.4, 0.5) is 5.69 Å². The lowest BCUT2D eigenvalue weighted by Gasteiger charge is -2.19. The molecule has 1 aromatic rings. The molecule has 0 saturated heterocycles. The van der Waals surface area contributed by atoms with Gasteiger partial charge in [-0.2, -0.15) is 0 Å². The van der Waals surface area contributed by atoms with E-state index in [1.807, 2.05) is 13.1 Å². The number of nitrogens with zero attached hydrogens (tertiary/aromatic N) is 2. The molecule has 1 aromatic heterocycles. The Hall–Kier alpha value is -1.09. The van der Waals surface area contributed by atoms with Crippen LogP contribution in [0.2, 0.25) is 0 Å². The molecule has 0 amide bonds. The number of pyridine rings is 1. The largest absolute Gasteiger partial charge is 0.375 e. The van der Waals surface area contributed by atoms with E-state index in [9.17, 15) is 0 Å². The number of anilines is 1. The number of rotatable bonds is 6. The van der Waals surface area contributed by atoms with Crippen LogP contribution in [-0.2, 0) is 0 Å². The van der Waals surface area contributed by atoms with Gasteiger partial charge >= 0.3 is 0 Å². The van der Waals surface area contributed by atoms with Crippen LogP contribution in [0.3, 0.4) is 0 Å². The van der Waals surface area contributed by atoms with Crippen molar-refractivity contribution in [1.29, 1.82) is 0 Å². The van der Waals surface area contributed by atoms with Crippen molar-refractivity contribution in [3.05, 3.63) is 24.0 Å². The van der Waals surface area contributed by atoms with Crippen LogP contribution in [0, 0.1) is 6.92 Å². The predicted molar refractivity (Wildman–Crippen MR) is 65.1 cm³/mol. The van der Waals surface area contributed by atoms with Crippen LogP contribution in [0.25, 0.3) is 0 Å². The quantitative estimate of drug-likeness (QED) is 0.725. The molecule has 0 aliphatic carbocycles. The molecule has 3 nitrogen and oxygen atoms in total. The van der Waals surface area contributed by atoms with Gasteiger partial charge in [0.05, 0.1) is 0 Å². The summed E-state index contributed by atoms with van der Waals surface area (Å²) in [6.45, 7) is 3.91. The number of nitrogens with two attached hydrogens (primary N) is 1. The second kappa shape index (κ2) is 6.40. The van der Waals surface area contributed by atoms with Gasteiger partial charge in [0.25, 0.3) is 0 Å². The van der Waals surface area contributed by atoms with E-state index in [2.05, 4.69) is 29.1 Å². The number of aromatic nitrogens is 1. The normalized spacial score (nSPS) is 10.3. The van der Waals surface area contributed by atoms with E-state index in [-0.39, 0.29) is 0 Å². The summed E-state index contributed by atoms with van der Waals surface area (Å²) in [5, 5.41) is 0. The smallest absolute Gasteiger partial charge is 0.0397 e. The van der Waals surface area contributed by atoms with E-state index in [0.29, 0.717) is 0 Å². The number of hydrogen-bond acceptors (Lipinski definition) is 3. The van der Waals surface area contributed by atoms with Crippen LogP contribution in [0.15, 0.2) is 18.3 Å². The van der Waals surface area contributed by atoms with E-state index in [1.54, 1.807) is 0 Å². The third-order valence-corrected chi connectivity index (χ3v) is 2.52. The Balaban J connectivity index is 2.36. The van der Waals surface area contributed by atoms with Crippen LogP contribution >= 0.6 is 0 Å². The molecule has 0 saturated carbocycles. The highest BCUT2D eigenvalue weighted by atomic mass is 15.1. The number of hydrogen-bond donors (Lipinski definition) is 1.